The van der Waals surface area contributed by atoms with Crippen LogP contribution in [0.25, 0.3) is 16.6 Å². The minimum atomic E-state index is -4.76. The molecule has 0 aliphatic heterocycles. The second-order valence-corrected chi connectivity index (χ2v) is 7.15. The predicted octanol–water partition coefficient (Wildman–Crippen LogP) is 5.21. The molecule has 0 saturated carbocycles. The van der Waals surface area contributed by atoms with Crippen molar-refractivity contribution in [3.05, 3.63) is 65.7 Å². The normalized spacial score (nSPS) is 11.9. The Morgan fingerprint density at radius 3 is 2.41 bits per heavy atom. The maximum atomic E-state index is 14.5. The van der Waals surface area contributed by atoms with Crippen LogP contribution >= 0.6 is 11.8 Å². The molecule has 0 unspecified atom stereocenters. The van der Waals surface area contributed by atoms with Gasteiger partial charge in [0.2, 0.25) is 0 Å². The van der Waals surface area contributed by atoms with E-state index in [1.165, 1.54) is 30.2 Å². The summed E-state index contributed by atoms with van der Waals surface area (Å²) in [6.45, 7) is 0. The Kier molecular flexibility index (Phi) is 4.95. The molecule has 5 nitrogen and oxygen atoms in total. The molecule has 4 aromatic rings. The molecule has 0 amide bonds. The monoisotopic (exact) mass is 422 g/mol. The summed E-state index contributed by atoms with van der Waals surface area (Å²) in [6, 6.07) is 9.36. The van der Waals surface area contributed by atoms with Crippen molar-refractivity contribution in [3.8, 4) is 11.4 Å². The van der Waals surface area contributed by atoms with E-state index in [0.717, 1.165) is 16.1 Å². The Bertz CT molecular complexity index is 1140. The van der Waals surface area contributed by atoms with Crippen LogP contribution in [0, 0.1) is 5.82 Å². The minimum Gasteiger partial charge on any atom is -0.497 e. The van der Waals surface area contributed by atoms with Crippen molar-refractivity contribution in [2.45, 2.75) is 17.0 Å². The average molecular weight is 422 g/mol. The Labute approximate surface area is 166 Å². The van der Waals surface area contributed by atoms with Gasteiger partial charge < -0.3 is 9.72 Å². The first-order chi connectivity index (χ1) is 13.9. The number of thioether (sulfide) groups is 1. The van der Waals surface area contributed by atoms with Gasteiger partial charge in [0, 0.05) is 11.1 Å². The van der Waals surface area contributed by atoms with Crippen LogP contribution in [0.5, 0.6) is 5.75 Å². The van der Waals surface area contributed by atoms with E-state index in [9.17, 15) is 17.6 Å². The lowest BCUT2D eigenvalue weighted by molar-refractivity contribution is -0.137. The first-order valence-electron chi connectivity index (χ1n) is 8.41. The van der Waals surface area contributed by atoms with Crippen LogP contribution in [0.2, 0.25) is 0 Å². The highest BCUT2D eigenvalue weighted by Crippen LogP contribution is 2.40. The van der Waals surface area contributed by atoms with Gasteiger partial charge >= 0.3 is 6.18 Å². The van der Waals surface area contributed by atoms with E-state index >= 15 is 0 Å². The van der Waals surface area contributed by atoms with Crippen LogP contribution < -0.4 is 4.74 Å². The second-order valence-electron chi connectivity index (χ2n) is 6.13. The van der Waals surface area contributed by atoms with Crippen LogP contribution in [0.1, 0.15) is 11.1 Å². The average Bonchev–Trinajstić information content (AvgIpc) is 3.36. The molecular formula is C19H14F4N4OS. The topological polar surface area (TPSA) is 55.7 Å². The van der Waals surface area contributed by atoms with Gasteiger partial charge in [-0.05, 0) is 29.8 Å². The van der Waals surface area contributed by atoms with E-state index in [2.05, 4.69) is 15.2 Å². The van der Waals surface area contributed by atoms with Gasteiger partial charge in [0.25, 0.3) is 0 Å². The number of methoxy groups -OCH3 is 1. The van der Waals surface area contributed by atoms with Crippen molar-refractivity contribution >= 4 is 22.7 Å². The number of alkyl halides is 3. The maximum absolute atomic E-state index is 14.5. The summed E-state index contributed by atoms with van der Waals surface area (Å²) in [5.74, 6) is 0.280. The summed E-state index contributed by atoms with van der Waals surface area (Å²) in [6.07, 6.45) is -2.23. The Balaban J connectivity index is 1.74. The summed E-state index contributed by atoms with van der Waals surface area (Å²) >= 11 is 1.35. The Morgan fingerprint density at radius 1 is 1.10 bits per heavy atom. The maximum Gasteiger partial charge on any atom is 0.418 e. The third-order valence-corrected chi connectivity index (χ3v) is 5.30. The van der Waals surface area contributed by atoms with E-state index in [1.54, 1.807) is 7.11 Å². The predicted molar refractivity (Wildman–Crippen MR) is 101 cm³/mol. The molecule has 0 saturated heterocycles. The van der Waals surface area contributed by atoms with Gasteiger partial charge in [-0.25, -0.2) is 4.39 Å². The SMILES string of the molecule is COc1ccc(CSc2cc3c(-n4nccn4)c(C(F)(F)F)cc(F)c3[nH]2)cc1. The van der Waals surface area contributed by atoms with Crippen LogP contribution in [-0.4, -0.2) is 27.1 Å². The van der Waals surface area contributed by atoms with Crippen molar-refractivity contribution in [1.82, 2.24) is 20.0 Å². The highest BCUT2D eigenvalue weighted by atomic mass is 32.2. The molecule has 2 aromatic heterocycles. The number of rotatable bonds is 5. The molecule has 10 heteroatoms. The molecule has 0 fully saturated rings. The summed E-state index contributed by atoms with van der Waals surface area (Å²) in [5.41, 5.74) is -0.488. The molecular weight excluding hydrogens is 408 g/mol. The van der Waals surface area contributed by atoms with Gasteiger partial charge in [-0.3, -0.25) is 0 Å². The van der Waals surface area contributed by atoms with Gasteiger partial charge in [0.05, 0.1) is 35.6 Å². The molecule has 0 aliphatic carbocycles. The van der Waals surface area contributed by atoms with Crippen LogP contribution in [-0.2, 0) is 11.9 Å². The van der Waals surface area contributed by atoms with Gasteiger partial charge in [-0.2, -0.15) is 28.2 Å². The van der Waals surface area contributed by atoms with Crippen LogP contribution in [0.3, 0.4) is 0 Å². The quantitative estimate of drug-likeness (QED) is 0.355. The van der Waals surface area contributed by atoms with Crippen molar-refractivity contribution in [3.63, 3.8) is 0 Å². The standard InChI is InChI=1S/C19H14F4N4OS/c1-28-12-4-2-11(3-5-12)10-29-16-8-13-17(26-16)15(20)9-14(19(21,22)23)18(13)27-24-6-7-25-27/h2-9,26H,10H2,1H3. The van der Waals surface area contributed by atoms with Gasteiger partial charge in [-0.1, -0.05) is 12.1 Å². The highest BCUT2D eigenvalue weighted by molar-refractivity contribution is 7.98. The summed E-state index contributed by atoms with van der Waals surface area (Å²) in [5, 5.41) is 8.21. The summed E-state index contributed by atoms with van der Waals surface area (Å²) in [4.78, 5) is 3.72. The van der Waals surface area contributed by atoms with E-state index in [1.807, 2.05) is 24.3 Å². The summed E-state index contributed by atoms with van der Waals surface area (Å²) < 4.78 is 60.1. The Morgan fingerprint density at radius 2 is 1.79 bits per heavy atom. The smallest absolute Gasteiger partial charge is 0.418 e. The van der Waals surface area contributed by atoms with Crippen molar-refractivity contribution in [2.75, 3.05) is 7.11 Å². The molecule has 2 heterocycles. The number of ether oxygens (including phenoxy) is 1. The van der Waals surface area contributed by atoms with Crippen molar-refractivity contribution < 1.29 is 22.3 Å². The molecule has 1 N–H and O–H groups in total. The van der Waals surface area contributed by atoms with Gasteiger partial charge in [0.15, 0.2) is 0 Å². The zero-order valence-corrected chi connectivity index (χ0v) is 15.8. The van der Waals surface area contributed by atoms with Crippen molar-refractivity contribution in [2.24, 2.45) is 0 Å². The molecule has 0 bridgehead atoms. The zero-order valence-electron chi connectivity index (χ0n) is 15.0. The third kappa shape index (κ3) is 3.80. The largest absolute Gasteiger partial charge is 0.497 e. The van der Waals surface area contributed by atoms with E-state index in [4.69, 9.17) is 4.74 Å². The lowest BCUT2D eigenvalue weighted by Crippen LogP contribution is -2.13. The van der Waals surface area contributed by atoms with Crippen molar-refractivity contribution in [1.29, 1.82) is 0 Å². The van der Waals surface area contributed by atoms with Crippen LogP contribution in [0.15, 0.2) is 53.8 Å². The first-order valence-corrected chi connectivity index (χ1v) is 9.40. The number of benzene rings is 2. The fourth-order valence-electron chi connectivity index (χ4n) is 2.94. The Hall–Kier alpha value is -3.01. The molecule has 0 radical (unpaired) electrons. The number of nitrogens with zero attached hydrogens (tertiary/aromatic N) is 3. The molecule has 4 rings (SSSR count). The van der Waals surface area contributed by atoms with Gasteiger partial charge in [-0.15, -0.1) is 11.8 Å². The molecule has 150 valence electrons. The third-order valence-electron chi connectivity index (χ3n) is 4.29. The summed E-state index contributed by atoms with van der Waals surface area (Å²) in [7, 11) is 1.57. The highest BCUT2D eigenvalue weighted by Gasteiger charge is 2.37. The number of hydrogen-bond acceptors (Lipinski definition) is 4. The number of H-pyrrole nitrogens is 1. The lowest BCUT2D eigenvalue weighted by atomic mass is 10.1. The molecule has 0 atom stereocenters. The minimum absolute atomic E-state index is 0.0254. The number of fused-ring (bicyclic) bond motifs is 1. The number of aromatic amines is 1. The zero-order chi connectivity index (χ0) is 20.6. The number of aromatic nitrogens is 4. The first kappa shape index (κ1) is 19.3. The molecule has 0 spiro atoms. The lowest BCUT2D eigenvalue weighted by Gasteiger charge is -2.13. The molecule has 2 aromatic carbocycles. The molecule has 0 aliphatic rings. The van der Waals surface area contributed by atoms with E-state index < -0.39 is 17.6 Å². The van der Waals surface area contributed by atoms with Crippen LogP contribution in [0.4, 0.5) is 17.6 Å². The van der Waals surface area contributed by atoms with E-state index in [0.29, 0.717) is 16.8 Å². The molecule has 29 heavy (non-hydrogen) atoms. The number of halogens is 4. The fraction of sp³-hybridized carbons (Fsp3) is 0.158. The number of hydrogen-bond donors (Lipinski definition) is 1. The fourth-order valence-corrected chi connectivity index (χ4v) is 3.83. The number of nitrogens with one attached hydrogen (secondary N) is 1. The van der Waals surface area contributed by atoms with E-state index in [-0.39, 0.29) is 16.6 Å². The second kappa shape index (κ2) is 7.43. The van der Waals surface area contributed by atoms with Gasteiger partial charge in [0.1, 0.15) is 17.3 Å².